The van der Waals surface area contributed by atoms with Gasteiger partial charge in [0, 0.05) is 26.1 Å². The Bertz CT molecular complexity index is 423. The molecular weight excluding hydrogens is 272 g/mol. The van der Waals surface area contributed by atoms with Crippen LogP contribution in [-0.2, 0) is 4.79 Å². The lowest BCUT2D eigenvalue weighted by molar-refractivity contribution is -0.141. The van der Waals surface area contributed by atoms with Gasteiger partial charge in [-0.05, 0) is 31.1 Å². The standard InChI is InChI=1S/C15H24N2O4/c18-11-9-12(13(19)20)17(10-11)14(21)16-7-5-15(6-8-16)3-1-2-4-15/h11-12,18H,1-10H2,(H,19,20)/t11?,12-/m0/s1. The number of aliphatic hydroxyl groups excluding tert-OH is 1. The molecule has 1 unspecified atom stereocenters. The van der Waals surface area contributed by atoms with E-state index in [-0.39, 0.29) is 19.0 Å². The maximum Gasteiger partial charge on any atom is 0.326 e. The number of carbonyl (C=O) groups is 2. The lowest BCUT2D eigenvalue weighted by Crippen LogP contribution is -2.51. The van der Waals surface area contributed by atoms with Crippen molar-refractivity contribution in [3.05, 3.63) is 0 Å². The van der Waals surface area contributed by atoms with Crippen molar-refractivity contribution in [2.24, 2.45) is 5.41 Å². The molecule has 118 valence electrons. The topological polar surface area (TPSA) is 81.1 Å². The molecule has 2 atom stereocenters. The molecule has 2 N–H and O–H groups in total. The highest BCUT2D eigenvalue weighted by atomic mass is 16.4. The van der Waals surface area contributed by atoms with E-state index >= 15 is 0 Å². The van der Waals surface area contributed by atoms with Crippen molar-refractivity contribution in [2.45, 2.75) is 57.1 Å². The molecule has 2 heterocycles. The second kappa shape index (κ2) is 5.48. The van der Waals surface area contributed by atoms with E-state index in [0.29, 0.717) is 5.41 Å². The minimum Gasteiger partial charge on any atom is -0.480 e. The van der Waals surface area contributed by atoms with Gasteiger partial charge in [0.15, 0.2) is 0 Å². The molecule has 0 radical (unpaired) electrons. The number of urea groups is 1. The number of aliphatic hydroxyl groups is 1. The van der Waals surface area contributed by atoms with E-state index in [1.165, 1.54) is 30.6 Å². The number of rotatable bonds is 1. The fourth-order valence-electron chi connectivity index (χ4n) is 4.24. The minimum absolute atomic E-state index is 0.136. The molecule has 6 heteroatoms. The van der Waals surface area contributed by atoms with Crippen LogP contribution in [0.25, 0.3) is 0 Å². The summed E-state index contributed by atoms with van der Waals surface area (Å²) in [6.07, 6.45) is 6.63. The van der Waals surface area contributed by atoms with Crippen molar-refractivity contribution in [3.63, 3.8) is 0 Å². The predicted molar refractivity (Wildman–Crippen MR) is 75.9 cm³/mol. The van der Waals surface area contributed by atoms with Crippen molar-refractivity contribution >= 4 is 12.0 Å². The zero-order valence-electron chi connectivity index (χ0n) is 12.3. The van der Waals surface area contributed by atoms with Gasteiger partial charge in [-0.2, -0.15) is 0 Å². The first-order chi connectivity index (χ1) is 10.0. The number of hydrogen-bond donors (Lipinski definition) is 2. The fraction of sp³-hybridized carbons (Fsp3) is 0.867. The monoisotopic (exact) mass is 296 g/mol. The number of piperidine rings is 1. The van der Waals surface area contributed by atoms with Crippen molar-refractivity contribution in [2.75, 3.05) is 19.6 Å². The van der Waals surface area contributed by atoms with Crippen LogP contribution in [0.3, 0.4) is 0 Å². The Morgan fingerprint density at radius 1 is 1.05 bits per heavy atom. The van der Waals surface area contributed by atoms with Crippen LogP contribution in [0.2, 0.25) is 0 Å². The second-order valence-electron chi connectivity index (χ2n) is 6.87. The van der Waals surface area contributed by atoms with Crippen molar-refractivity contribution in [1.29, 1.82) is 0 Å². The summed E-state index contributed by atoms with van der Waals surface area (Å²) in [7, 11) is 0. The maximum absolute atomic E-state index is 12.5. The lowest BCUT2D eigenvalue weighted by Gasteiger charge is -2.41. The number of carboxylic acid groups (broad SMARTS) is 1. The summed E-state index contributed by atoms with van der Waals surface area (Å²) in [5, 5.41) is 18.9. The Morgan fingerprint density at radius 2 is 1.67 bits per heavy atom. The Morgan fingerprint density at radius 3 is 2.24 bits per heavy atom. The third-order valence-corrected chi connectivity index (χ3v) is 5.57. The highest BCUT2D eigenvalue weighted by Crippen LogP contribution is 2.46. The summed E-state index contributed by atoms with van der Waals surface area (Å²) in [5.74, 6) is -1.02. The van der Waals surface area contributed by atoms with Crippen LogP contribution < -0.4 is 0 Å². The second-order valence-corrected chi connectivity index (χ2v) is 6.87. The SMILES string of the molecule is O=C(O)[C@@H]1CC(O)CN1C(=O)N1CCC2(CCCC2)CC1. The van der Waals surface area contributed by atoms with Gasteiger partial charge in [-0.25, -0.2) is 9.59 Å². The molecule has 2 saturated heterocycles. The molecule has 2 aliphatic heterocycles. The molecule has 2 amide bonds. The number of nitrogens with zero attached hydrogens (tertiary/aromatic N) is 2. The van der Waals surface area contributed by atoms with Crippen LogP contribution in [0.1, 0.15) is 44.9 Å². The number of aliphatic carboxylic acids is 1. The molecule has 0 bridgehead atoms. The first kappa shape index (κ1) is 14.6. The fourth-order valence-corrected chi connectivity index (χ4v) is 4.24. The first-order valence-corrected chi connectivity index (χ1v) is 7.97. The number of amides is 2. The third-order valence-electron chi connectivity index (χ3n) is 5.57. The van der Waals surface area contributed by atoms with Crippen LogP contribution in [0.15, 0.2) is 0 Å². The number of carboxylic acids is 1. The van der Waals surface area contributed by atoms with Crippen LogP contribution in [0.5, 0.6) is 0 Å². The van der Waals surface area contributed by atoms with Crippen molar-refractivity contribution < 1.29 is 19.8 Å². The molecule has 0 aromatic carbocycles. The third kappa shape index (κ3) is 2.73. The molecule has 21 heavy (non-hydrogen) atoms. The van der Waals surface area contributed by atoms with E-state index in [9.17, 15) is 19.8 Å². The van der Waals surface area contributed by atoms with Crippen molar-refractivity contribution in [1.82, 2.24) is 9.80 Å². The van der Waals surface area contributed by atoms with Gasteiger partial charge >= 0.3 is 12.0 Å². The molecule has 3 fully saturated rings. The Kier molecular flexibility index (Phi) is 3.82. The zero-order valence-corrected chi connectivity index (χ0v) is 12.3. The van der Waals surface area contributed by atoms with Gasteiger partial charge in [0.1, 0.15) is 6.04 Å². The average molecular weight is 296 g/mol. The van der Waals surface area contributed by atoms with Gasteiger partial charge in [-0.3, -0.25) is 0 Å². The molecule has 1 spiro atoms. The molecule has 3 aliphatic rings. The quantitative estimate of drug-likeness (QED) is 0.764. The number of carbonyl (C=O) groups excluding carboxylic acids is 1. The average Bonchev–Trinajstić information content (AvgIpc) is 3.06. The van der Waals surface area contributed by atoms with Crippen LogP contribution in [0, 0.1) is 5.41 Å². The number of likely N-dealkylation sites (tertiary alicyclic amines) is 2. The van der Waals surface area contributed by atoms with E-state index in [0.717, 1.165) is 25.9 Å². The van der Waals surface area contributed by atoms with E-state index < -0.39 is 18.1 Å². The van der Waals surface area contributed by atoms with E-state index in [1.54, 1.807) is 4.90 Å². The Hall–Kier alpha value is -1.30. The van der Waals surface area contributed by atoms with Gasteiger partial charge in [0.25, 0.3) is 0 Å². The van der Waals surface area contributed by atoms with Gasteiger partial charge in [0.2, 0.25) is 0 Å². The molecular formula is C15H24N2O4. The zero-order chi connectivity index (χ0) is 15.0. The summed E-state index contributed by atoms with van der Waals surface area (Å²) in [4.78, 5) is 26.9. The lowest BCUT2D eigenvalue weighted by atomic mass is 9.77. The van der Waals surface area contributed by atoms with E-state index in [1.807, 2.05) is 0 Å². The molecule has 6 nitrogen and oxygen atoms in total. The van der Waals surface area contributed by atoms with Crippen LogP contribution >= 0.6 is 0 Å². The molecule has 0 aromatic rings. The van der Waals surface area contributed by atoms with Gasteiger partial charge in [-0.15, -0.1) is 0 Å². The van der Waals surface area contributed by atoms with Gasteiger partial charge < -0.3 is 20.0 Å². The molecule has 1 saturated carbocycles. The van der Waals surface area contributed by atoms with Crippen molar-refractivity contribution in [3.8, 4) is 0 Å². The highest BCUT2D eigenvalue weighted by Gasteiger charge is 2.43. The van der Waals surface area contributed by atoms with E-state index in [2.05, 4.69) is 0 Å². The Labute approximate surface area is 124 Å². The summed E-state index contributed by atoms with van der Waals surface area (Å²) in [6.45, 7) is 1.58. The minimum atomic E-state index is -1.02. The molecule has 3 rings (SSSR count). The van der Waals surface area contributed by atoms with Gasteiger partial charge in [-0.1, -0.05) is 12.8 Å². The maximum atomic E-state index is 12.5. The normalized spacial score (nSPS) is 31.9. The van der Waals surface area contributed by atoms with Crippen LogP contribution in [0.4, 0.5) is 4.79 Å². The summed E-state index contributed by atoms with van der Waals surface area (Å²) >= 11 is 0. The number of β-amino-alcohol motifs (C(OH)–C–C–N with tert-alkyl or cyclic N) is 1. The predicted octanol–water partition coefficient (Wildman–Crippen LogP) is 1.28. The van der Waals surface area contributed by atoms with Gasteiger partial charge in [0.05, 0.1) is 6.10 Å². The summed E-state index contributed by atoms with van der Waals surface area (Å²) in [6, 6.07) is -1.10. The molecule has 0 aromatic heterocycles. The largest absolute Gasteiger partial charge is 0.480 e. The first-order valence-electron chi connectivity index (χ1n) is 7.97. The van der Waals surface area contributed by atoms with E-state index in [4.69, 9.17) is 0 Å². The number of hydrogen-bond acceptors (Lipinski definition) is 3. The summed E-state index contributed by atoms with van der Waals surface area (Å²) < 4.78 is 0. The smallest absolute Gasteiger partial charge is 0.326 e. The highest BCUT2D eigenvalue weighted by molar-refractivity contribution is 5.83. The summed E-state index contributed by atoms with van der Waals surface area (Å²) in [5.41, 5.74) is 0.438. The van der Waals surface area contributed by atoms with Crippen LogP contribution in [-0.4, -0.2) is 63.8 Å². The Balaban J connectivity index is 1.62. The molecule has 1 aliphatic carbocycles.